The van der Waals surface area contributed by atoms with Gasteiger partial charge in [0.25, 0.3) is 0 Å². The van der Waals surface area contributed by atoms with Crippen LogP contribution in [0.5, 0.6) is 5.75 Å². The molecule has 2 atom stereocenters. The molecule has 1 fully saturated rings. The first-order chi connectivity index (χ1) is 17.2. The van der Waals surface area contributed by atoms with Crippen LogP contribution in [0, 0.1) is 11.6 Å². The van der Waals surface area contributed by atoms with Crippen LogP contribution >= 0.6 is 0 Å². The summed E-state index contributed by atoms with van der Waals surface area (Å²) in [7, 11) is 1.45. The molecule has 3 aromatic heterocycles. The zero-order valence-electron chi connectivity index (χ0n) is 21.5. The van der Waals surface area contributed by atoms with Crippen molar-refractivity contribution in [3.63, 3.8) is 0 Å². The van der Waals surface area contributed by atoms with E-state index in [4.69, 9.17) is 9.47 Å². The van der Waals surface area contributed by atoms with Crippen LogP contribution in [-0.2, 0) is 10.3 Å². The monoisotopic (exact) mass is 521 g/mol. The molecule has 4 rings (SSSR count). The number of methoxy groups -OCH3 is 1. The van der Waals surface area contributed by atoms with Crippen molar-refractivity contribution < 1.29 is 32.5 Å². The molecule has 0 bridgehead atoms. The Morgan fingerprint density at radius 3 is 2.49 bits per heavy atom. The van der Waals surface area contributed by atoms with Crippen LogP contribution in [0.4, 0.5) is 23.8 Å². The van der Waals surface area contributed by atoms with Crippen LogP contribution in [0.15, 0.2) is 24.5 Å². The van der Waals surface area contributed by atoms with Crippen molar-refractivity contribution in [3.8, 4) is 17.1 Å². The van der Waals surface area contributed by atoms with Crippen LogP contribution in [0.3, 0.4) is 0 Å². The van der Waals surface area contributed by atoms with Gasteiger partial charge in [-0.25, -0.2) is 27.9 Å². The smallest absolute Gasteiger partial charge is 0.410 e. The highest BCUT2D eigenvalue weighted by atomic mass is 19.1. The van der Waals surface area contributed by atoms with Gasteiger partial charge in [-0.1, -0.05) is 0 Å². The largest absolute Gasteiger partial charge is 0.496 e. The van der Waals surface area contributed by atoms with Gasteiger partial charge >= 0.3 is 6.09 Å². The zero-order valence-corrected chi connectivity index (χ0v) is 21.5. The van der Waals surface area contributed by atoms with E-state index in [1.807, 2.05) is 0 Å². The van der Waals surface area contributed by atoms with Gasteiger partial charge in [0, 0.05) is 30.4 Å². The summed E-state index contributed by atoms with van der Waals surface area (Å²) in [6, 6.07) is 1.24. The van der Waals surface area contributed by atoms with Gasteiger partial charge in [-0.15, -0.1) is 0 Å². The molecule has 0 aliphatic carbocycles. The maximum absolute atomic E-state index is 14.9. The van der Waals surface area contributed by atoms with Gasteiger partial charge in [0.05, 0.1) is 37.2 Å². The van der Waals surface area contributed by atoms with Crippen LogP contribution in [0.2, 0.25) is 0 Å². The number of alkyl halides is 1. The number of fused-ring (bicyclic) bond motifs is 1. The molecule has 1 aliphatic rings. The topological polar surface area (TPSA) is 101 Å². The Labute approximate surface area is 212 Å². The summed E-state index contributed by atoms with van der Waals surface area (Å²) >= 11 is 0. The minimum Gasteiger partial charge on any atom is -0.496 e. The first kappa shape index (κ1) is 26.5. The summed E-state index contributed by atoms with van der Waals surface area (Å²) in [5.74, 6) is -1.96. The second kappa shape index (κ2) is 9.40. The number of ether oxygens (including phenoxy) is 2. The molecule has 2 N–H and O–H groups in total. The Kier molecular flexibility index (Phi) is 6.74. The van der Waals surface area contributed by atoms with Gasteiger partial charge < -0.3 is 24.8 Å². The maximum atomic E-state index is 14.9. The van der Waals surface area contributed by atoms with Gasteiger partial charge in [0.15, 0.2) is 17.5 Å². The Morgan fingerprint density at radius 2 is 1.86 bits per heavy atom. The predicted molar refractivity (Wildman–Crippen MR) is 130 cm³/mol. The summed E-state index contributed by atoms with van der Waals surface area (Å²) in [5.41, 5.74) is -1.30. The van der Waals surface area contributed by atoms with Crippen LogP contribution in [0.25, 0.3) is 17.0 Å². The number of pyridine rings is 2. The number of carbonyl (C=O) groups is 1. The van der Waals surface area contributed by atoms with E-state index >= 15 is 0 Å². The van der Waals surface area contributed by atoms with E-state index in [2.05, 4.69) is 15.3 Å². The number of hydrogen-bond acceptors (Lipinski definition) is 7. The quantitative estimate of drug-likeness (QED) is 0.517. The fraction of sp³-hybridized carbons (Fsp3) is 0.480. The van der Waals surface area contributed by atoms with E-state index in [0.29, 0.717) is 23.0 Å². The van der Waals surface area contributed by atoms with Gasteiger partial charge in [-0.3, -0.25) is 4.40 Å². The van der Waals surface area contributed by atoms with Crippen molar-refractivity contribution in [1.29, 1.82) is 0 Å². The summed E-state index contributed by atoms with van der Waals surface area (Å²) in [6.45, 7) is 7.91. The number of imidazole rings is 1. The average Bonchev–Trinajstić information content (AvgIpc) is 3.36. The minimum absolute atomic E-state index is 0.0890. The highest BCUT2D eigenvalue weighted by Gasteiger charge is 2.38. The van der Waals surface area contributed by atoms with Crippen molar-refractivity contribution in [3.05, 3.63) is 41.7 Å². The maximum Gasteiger partial charge on any atom is 0.410 e. The Balaban J connectivity index is 1.67. The fourth-order valence-electron chi connectivity index (χ4n) is 4.11. The van der Waals surface area contributed by atoms with Gasteiger partial charge in [-0.05, 0) is 34.6 Å². The summed E-state index contributed by atoms with van der Waals surface area (Å²) in [6.07, 6.45) is 0.686. The first-order valence-electron chi connectivity index (χ1n) is 11.7. The number of amides is 1. The highest BCUT2D eigenvalue weighted by Crippen LogP contribution is 2.33. The molecule has 200 valence electrons. The fourth-order valence-corrected chi connectivity index (χ4v) is 4.11. The lowest BCUT2D eigenvalue weighted by atomic mass is 9.99. The predicted octanol–water partition coefficient (Wildman–Crippen LogP) is 4.28. The highest BCUT2D eigenvalue weighted by molar-refractivity contribution is 5.69. The number of rotatable bonds is 5. The van der Waals surface area contributed by atoms with Crippen molar-refractivity contribution in [2.75, 3.05) is 25.5 Å². The lowest BCUT2D eigenvalue weighted by Crippen LogP contribution is -2.36. The van der Waals surface area contributed by atoms with E-state index in [-0.39, 0.29) is 30.3 Å². The Morgan fingerprint density at radius 1 is 1.16 bits per heavy atom. The van der Waals surface area contributed by atoms with E-state index < -0.39 is 41.1 Å². The molecule has 1 saturated heterocycles. The number of carbonyl (C=O) groups excluding carboxylic acids is 1. The molecule has 0 aromatic carbocycles. The zero-order chi connectivity index (χ0) is 27.3. The molecule has 0 unspecified atom stereocenters. The number of aromatic nitrogens is 3. The minimum atomic E-state index is -1.53. The van der Waals surface area contributed by atoms with Gasteiger partial charge in [-0.2, -0.15) is 0 Å². The molecule has 0 saturated carbocycles. The van der Waals surface area contributed by atoms with Crippen molar-refractivity contribution in [2.24, 2.45) is 0 Å². The van der Waals surface area contributed by atoms with E-state index in [9.17, 15) is 23.1 Å². The van der Waals surface area contributed by atoms with E-state index in [1.54, 1.807) is 46.9 Å². The lowest BCUT2D eigenvalue weighted by molar-refractivity contribution is 0.0283. The number of hydrogen-bond donors (Lipinski definition) is 2. The third-order valence-electron chi connectivity index (χ3n) is 5.88. The van der Waals surface area contributed by atoms with Crippen molar-refractivity contribution in [2.45, 2.75) is 58.0 Å². The molecular formula is C25H30F3N5O4. The molecule has 1 amide bonds. The second-order valence-electron chi connectivity index (χ2n) is 10.5. The number of nitrogens with one attached hydrogen (secondary N) is 1. The SMILES string of the molecule is COc1cc2ncc(-c3nc(N[C@H]4CN(C(=O)OC(C)(C)C)C[C@@H]4F)c(F)cc3F)n2cc1C(C)(C)O. The lowest BCUT2D eigenvalue weighted by Gasteiger charge is -2.24. The molecule has 3 aromatic rings. The molecule has 4 heterocycles. The third-order valence-corrected chi connectivity index (χ3v) is 5.88. The molecular weight excluding hydrogens is 491 g/mol. The standard InChI is InChI=1S/C25H30F3N5O4/c1-24(2,3)37-23(34)32-11-16(28)17(12-32)30-22-15(27)7-14(26)21(31-22)18-9-29-20-8-19(36-6)13(10-33(18)20)25(4,5)35/h7-10,16-17,35H,11-12H2,1-6H3,(H,30,31)/t16-,17-/m0/s1. The second-order valence-corrected chi connectivity index (χ2v) is 10.5. The van der Waals surface area contributed by atoms with Crippen LogP contribution in [0.1, 0.15) is 40.2 Å². The average molecular weight is 522 g/mol. The van der Waals surface area contributed by atoms with Gasteiger partial charge in [0.2, 0.25) is 0 Å². The molecule has 9 nitrogen and oxygen atoms in total. The molecule has 1 aliphatic heterocycles. The normalized spacial score (nSPS) is 18.4. The number of nitrogens with zero attached hydrogens (tertiary/aromatic N) is 4. The first-order valence-corrected chi connectivity index (χ1v) is 11.7. The molecule has 0 spiro atoms. The van der Waals surface area contributed by atoms with Crippen molar-refractivity contribution >= 4 is 17.6 Å². The van der Waals surface area contributed by atoms with E-state index in [1.165, 1.54) is 22.6 Å². The summed E-state index contributed by atoms with van der Waals surface area (Å²) in [5, 5.41) is 13.2. The summed E-state index contributed by atoms with van der Waals surface area (Å²) < 4.78 is 56.5. The van der Waals surface area contributed by atoms with Crippen LogP contribution in [-0.4, -0.2) is 68.5 Å². The van der Waals surface area contributed by atoms with Gasteiger partial charge in [0.1, 0.15) is 28.9 Å². The van der Waals surface area contributed by atoms with Crippen LogP contribution < -0.4 is 10.1 Å². The third kappa shape index (κ3) is 5.43. The molecule has 0 radical (unpaired) electrons. The number of halogens is 3. The van der Waals surface area contributed by atoms with Crippen molar-refractivity contribution in [1.82, 2.24) is 19.3 Å². The van der Waals surface area contributed by atoms with E-state index in [0.717, 1.165) is 0 Å². The molecule has 12 heteroatoms. The number of anilines is 1. The summed E-state index contributed by atoms with van der Waals surface area (Å²) in [4.78, 5) is 21.9. The Hall–Kier alpha value is -3.54. The number of likely N-dealkylation sites (tertiary alicyclic amines) is 1. The Bertz CT molecular complexity index is 1330. The number of aliphatic hydroxyl groups is 1. The molecule has 37 heavy (non-hydrogen) atoms.